The van der Waals surface area contributed by atoms with Gasteiger partial charge in [0.1, 0.15) is 5.75 Å². The standard InChI is InChI=1S/C23H29N3O5/c1-15(2)31-22(28)14-20(17-9-11-18(30-3)12-10-17)25-21(27)13-19(26-23(24)29)16-7-5-4-6-8-16/h4-12,15,19-20H,13-14H2,1-3H3,(H,25,27)(H3,24,26,29). The molecular weight excluding hydrogens is 398 g/mol. The van der Waals surface area contributed by atoms with E-state index >= 15 is 0 Å². The third-order valence-electron chi connectivity index (χ3n) is 4.50. The van der Waals surface area contributed by atoms with Gasteiger partial charge < -0.3 is 25.8 Å². The van der Waals surface area contributed by atoms with Crippen LogP contribution in [0, 0.1) is 0 Å². The van der Waals surface area contributed by atoms with Crippen molar-refractivity contribution in [3.8, 4) is 5.75 Å². The van der Waals surface area contributed by atoms with Gasteiger partial charge in [-0.2, -0.15) is 0 Å². The first-order valence-electron chi connectivity index (χ1n) is 10.0. The number of benzene rings is 2. The first-order chi connectivity index (χ1) is 14.8. The molecule has 0 saturated heterocycles. The molecule has 166 valence electrons. The summed E-state index contributed by atoms with van der Waals surface area (Å²) in [4.78, 5) is 36.5. The third kappa shape index (κ3) is 8.00. The third-order valence-corrected chi connectivity index (χ3v) is 4.50. The molecule has 0 aromatic heterocycles. The lowest BCUT2D eigenvalue weighted by molar-refractivity contribution is -0.148. The van der Waals surface area contributed by atoms with Crippen LogP contribution in [-0.2, 0) is 14.3 Å². The number of nitrogens with two attached hydrogens (primary N) is 1. The van der Waals surface area contributed by atoms with Crippen LogP contribution in [0.5, 0.6) is 5.75 Å². The smallest absolute Gasteiger partial charge is 0.312 e. The van der Waals surface area contributed by atoms with Crippen molar-refractivity contribution in [1.82, 2.24) is 10.6 Å². The number of amides is 3. The lowest BCUT2D eigenvalue weighted by Gasteiger charge is -2.22. The second-order valence-electron chi connectivity index (χ2n) is 7.31. The van der Waals surface area contributed by atoms with Crippen molar-refractivity contribution in [1.29, 1.82) is 0 Å². The number of carbonyl (C=O) groups excluding carboxylic acids is 3. The van der Waals surface area contributed by atoms with E-state index in [1.807, 2.05) is 18.2 Å². The van der Waals surface area contributed by atoms with Crippen LogP contribution in [0.15, 0.2) is 54.6 Å². The van der Waals surface area contributed by atoms with Gasteiger partial charge in [0.05, 0.1) is 38.1 Å². The molecule has 2 rings (SSSR count). The van der Waals surface area contributed by atoms with E-state index < -0.39 is 24.1 Å². The number of ether oxygens (including phenoxy) is 2. The summed E-state index contributed by atoms with van der Waals surface area (Å²) in [5.74, 6) is -0.111. The first-order valence-corrected chi connectivity index (χ1v) is 10.0. The number of urea groups is 1. The quantitative estimate of drug-likeness (QED) is 0.504. The maximum atomic E-state index is 12.8. The van der Waals surface area contributed by atoms with E-state index in [0.29, 0.717) is 5.75 Å². The fraction of sp³-hybridized carbons (Fsp3) is 0.348. The molecule has 0 aliphatic carbocycles. The van der Waals surface area contributed by atoms with Crippen molar-refractivity contribution in [2.45, 2.75) is 44.9 Å². The molecule has 0 bridgehead atoms. The van der Waals surface area contributed by atoms with Crippen LogP contribution >= 0.6 is 0 Å². The lowest BCUT2D eigenvalue weighted by Crippen LogP contribution is -2.38. The van der Waals surface area contributed by atoms with Crippen molar-refractivity contribution in [2.75, 3.05) is 7.11 Å². The molecule has 4 N–H and O–H groups in total. The molecule has 2 unspecified atom stereocenters. The van der Waals surface area contributed by atoms with Gasteiger partial charge in [-0.3, -0.25) is 9.59 Å². The second kappa shape index (κ2) is 11.6. The number of hydrogen-bond donors (Lipinski definition) is 3. The molecule has 0 aliphatic rings. The Hall–Kier alpha value is -3.55. The summed E-state index contributed by atoms with van der Waals surface area (Å²) >= 11 is 0. The molecule has 2 aromatic rings. The van der Waals surface area contributed by atoms with Crippen LogP contribution in [0.25, 0.3) is 0 Å². The second-order valence-corrected chi connectivity index (χ2v) is 7.31. The molecule has 0 radical (unpaired) electrons. The Morgan fingerprint density at radius 3 is 2.00 bits per heavy atom. The van der Waals surface area contributed by atoms with E-state index in [1.54, 1.807) is 57.4 Å². The average molecular weight is 428 g/mol. The summed E-state index contributed by atoms with van der Waals surface area (Å²) in [5.41, 5.74) is 6.76. The summed E-state index contributed by atoms with van der Waals surface area (Å²) in [6, 6.07) is 14.2. The zero-order chi connectivity index (χ0) is 22.8. The summed E-state index contributed by atoms with van der Waals surface area (Å²) in [6.45, 7) is 3.53. The Morgan fingerprint density at radius 1 is 0.871 bits per heavy atom. The number of nitrogens with one attached hydrogen (secondary N) is 2. The van der Waals surface area contributed by atoms with Gasteiger partial charge in [0.25, 0.3) is 0 Å². The van der Waals surface area contributed by atoms with E-state index in [0.717, 1.165) is 11.1 Å². The zero-order valence-electron chi connectivity index (χ0n) is 18.0. The Morgan fingerprint density at radius 2 is 1.45 bits per heavy atom. The monoisotopic (exact) mass is 427 g/mol. The van der Waals surface area contributed by atoms with Crippen LogP contribution in [0.1, 0.15) is 49.9 Å². The highest BCUT2D eigenvalue weighted by atomic mass is 16.5. The average Bonchev–Trinajstić information content (AvgIpc) is 2.72. The number of primary amides is 1. The predicted octanol–water partition coefficient (Wildman–Crippen LogP) is 2.99. The Kier molecular flexibility index (Phi) is 8.87. The number of methoxy groups -OCH3 is 1. The van der Waals surface area contributed by atoms with Crippen LogP contribution < -0.4 is 21.1 Å². The van der Waals surface area contributed by atoms with E-state index in [2.05, 4.69) is 10.6 Å². The molecule has 0 spiro atoms. The highest BCUT2D eigenvalue weighted by Crippen LogP contribution is 2.23. The Labute approximate surface area is 182 Å². The molecule has 0 saturated carbocycles. The van der Waals surface area contributed by atoms with Crippen LogP contribution in [-0.4, -0.2) is 31.1 Å². The SMILES string of the molecule is COc1ccc(C(CC(=O)OC(C)C)NC(=O)CC(NC(N)=O)c2ccccc2)cc1. The van der Waals surface area contributed by atoms with Gasteiger partial charge in [-0.15, -0.1) is 0 Å². The van der Waals surface area contributed by atoms with Gasteiger partial charge in [0.2, 0.25) is 5.91 Å². The Balaban J connectivity index is 2.17. The maximum absolute atomic E-state index is 12.8. The number of carbonyl (C=O) groups is 3. The minimum atomic E-state index is -0.728. The van der Waals surface area contributed by atoms with Crippen LogP contribution in [0.3, 0.4) is 0 Å². The summed E-state index contributed by atoms with van der Waals surface area (Å²) < 4.78 is 10.4. The summed E-state index contributed by atoms with van der Waals surface area (Å²) in [7, 11) is 1.56. The van der Waals surface area contributed by atoms with Gasteiger partial charge in [0.15, 0.2) is 0 Å². The van der Waals surface area contributed by atoms with Gasteiger partial charge in [-0.1, -0.05) is 42.5 Å². The maximum Gasteiger partial charge on any atom is 0.312 e. The highest BCUT2D eigenvalue weighted by Gasteiger charge is 2.23. The van der Waals surface area contributed by atoms with E-state index in [9.17, 15) is 14.4 Å². The molecule has 8 heteroatoms. The topological polar surface area (TPSA) is 120 Å². The molecule has 2 aromatic carbocycles. The van der Waals surface area contributed by atoms with Crippen LogP contribution in [0.2, 0.25) is 0 Å². The van der Waals surface area contributed by atoms with Crippen LogP contribution in [0.4, 0.5) is 4.79 Å². The van der Waals surface area contributed by atoms with E-state index in [-0.39, 0.29) is 24.9 Å². The highest BCUT2D eigenvalue weighted by molar-refractivity contribution is 5.80. The van der Waals surface area contributed by atoms with Gasteiger partial charge in [-0.25, -0.2) is 4.79 Å². The number of esters is 1. The van der Waals surface area contributed by atoms with Gasteiger partial charge in [-0.05, 0) is 37.1 Å². The molecule has 0 aliphatic heterocycles. The van der Waals surface area contributed by atoms with Crippen molar-refractivity contribution >= 4 is 17.9 Å². The minimum absolute atomic E-state index is 0.0322. The normalized spacial score (nSPS) is 12.5. The van der Waals surface area contributed by atoms with Crippen molar-refractivity contribution in [2.24, 2.45) is 5.73 Å². The largest absolute Gasteiger partial charge is 0.497 e. The molecule has 2 atom stereocenters. The summed E-state index contributed by atoms with van der Waals surface area (Å²) in [6.07, 6.45) is -0.337. The van der Waals surface area contributed by atoms with Crippen molar-refractivity contribution in [3.05, 3.63) is 65.7 Å². The fourth-order valence-electron chi connectivity index (χ4n) is 3.11. The van der Waals surface area contributed by atoms with Gasteiger partial charge >= 0.3 is 12.0 Å². The van der Waals surface area contributed by atoms with Crippen molar-refractivity contribution < 1.29 is 23.9 Å². The molecule has 0 fully saturated rings. The molecule has 8 nitrogen and oxygen atoms in total. The summed E-state index contributed by atoms with van der Waals surface area (Å²) in [5, 5.41) is 5.47. The van der Waals surface area contributed by atoms with Gasteiger partial charge in [0, 0.05) is 0 Å². The number of rotatable bonds is 10. The predicted molar refractivity (Wildman–Crippen MR) is 116 cm³/mol. The Bertz CT molecular complexity index is 869. The molecule has 0 heterocycles. The fourth-order valence-corrected chi connectivity index (χ4v) is 3.11. The van der Waals surface area contributed by atoms with E-state index in [1.165, 1.54) is 0 Å². The minimum Gasteiger partial charge on any atom is -0.497 e. The molecule has 31 heavy (non-hydrogen) atoms. The lowest BCUT2D eigenvalue weighted by atomic mass is 10.0. The molecule has 3 amide bonds. The van der Waals surface area contributed by atoms with Crippen molar-refractivity contribution in [3.63, 3.8) is 0 Å². The molecular formula is C23H29N3O5. The van der Waals surface area contributed by atoms with E-state index in [4.69, 9.17) is 15.2 Å². The number of hydrogen-bond acceptors (Lipinski definition) is 5. The zero-order valence-corrected chi connectivity index (χ0v) is 18.0. The first kappa shape index (κ1) is 23.7.